The number of aryl methyl sites for hydroxylation is 1. The number of nitrogens with two attached hydrogens (primary N) is 1. The summed E-state index contributed by atoms with van der Waals surface area (Å²) < 4.78 is 1.83. The second-order valence-electron chi connectivity index (χ2n) is 4.02. The van der Waals surface area contributed by atoms with Gasteiger partial charge in [0.1, 0.15) is 5.52 Å². The molecule has 0 aliphatic carbocycles. The summed E-state index contributed by atoms with van der Waals surface area (Å²) in [6.07, 6.45) is 3.76. The molecule has 17 heavy (non-hydrogen) atoms. The smallest absolute Gasteiger partial charge is 0.223 e. The van der Waals surface area contributed by atoms with Crippen molar-refractivity contribution in [3.8, 4) is 0 Å². The average Bonchev–Trinajstić information content (AvgIpc) is 2.61. The summed E-state index contributed by atoms with van der Waals surface area (Å²) >= 11 is 0. The number of aromatic nitrogens is 3. The summed E-state index contributed by atoms with van der Waals surface area (Å²) in [6.45, 7) is 0.531. The molecular formula is C11H15N5O. The van der Waals surface area contributed by atoms with E-state index in [4.69, 9.17) is 5.73 Å². The number of rotatable bonds is 3. The lowest BCUT2D eigenvalue weighted by atomic mass is 10.3. The summed E-state index contributed by atoms with van der Waals surface area (Å²) in [4.78, 5) is 21.3. The van der Waals surface area contributed by atoms with Gasteiger partial charge in [0, 0.05) is 33.3 Å². The summed E-state index contributed by atoms with van der Waals surface area (Å²) in [6, 6.07) is 1.85. The van der Waals surface area contributed by atoms with Gasteiger partial charge in [-0.3, -0.25) is 9.78 Å². The van der Waals surface area contributed by atoms with Crippen LogP contribution < -0.4 is 5.73 Å². The molecule has 1 amide bonds. The molecule has 6 heteroatoms. The van der Waals surface area contributed by atoms with Crippen LogP contribution >= 0.6 is 0 Å². The topological polar surface area (TPSA) is 77.0 Å². The van der Waals surface area contributed by atoms with E-state index in [1.165, 1.54) is 0 Å². The molecule has 0 fully saturated rings. The molecular weight excluding hydrogens is 218 g/mol. The standard InChI is InChI=1S/C11H15N5O/c1-15(2)10(17)4-6-16-9-3-5-13-7-8(9)14-11(16)12/h3,5,7H,4,6H2,1-2H3,(H2,12,14). The monoisotopic (exact) mass is 233 g/mol. The van der Waals surface area contributed by atoms with E-state index in [0.29, 0.717) is 18.9 Å². The van der Waals surface area contributed by atoms with Gasteiger partial charge in [-0.1, -0.05) is 0 Å². The molecule has 2 N–H and O–H groups in total. The predicted molar refractivity (Wildman–Crippen MR) is 65.3 cm³/mol. The maximum absolute atomic E-state index is 11.5. The fourth-order valence-corrected chi connectivity index (χ4v) is 1.67. The lowest BCUT2D eigenvalue weighted by Crippen LogP contribution is -2.23. The number of fused-ring (bicyclic) bond motifs is 1. The van der Waals surface area contributed by atoms with Crippen molar-refractivity contribution in [2.45, 2.75) is 13.0 Å². The summed E-state index contributed by atoms with van der Waals surface area (Å²) in [7, 11) is 3.48. The first-order valence-electron chi connectivity index (χ1n) is 5.35. The summed E-state index contributed by atoms with van der Waals surface area (Å²) in [5, 5.41) is 0. The lowest BCUT2D eigenvalue weighted by molar-refractivity contribution is -0.128. The molecule has 0 spiro atoms. The van der Waals surface area contributed by atoms with Gasteiger partial charge in [-0.2, -0.15) is 0 Å². The van der Waals surface area contributed by atoms with Gasteiger partial charge in [-0.15, -0.1) is 0 Å². The van der Waals surface area contributed by atoms with E-state index in [0.717, 1.165) is 11.0 Å². The van der Waals surface area contributed by atoms with Crippen LogP contribution in [0.5, 0.6) is 0 Å². The molecule has 2 aromatic rings. The number of amides is 1. The molecule has 90 valence electrons. The van der Waals surface area contributed by atoms with Gasteiger partial charge in [-0.25, -0.2) is 4.98 Å². The van der Waals surface area contributed by atoms with Gasteiger partial charge in [-0.05, 0) is 6.07 Å². The van der Waals surface area contributed by atoms with E-state index in [1.807, 2.05) is 10.6 Å². The number of carbonyl (C=O) groups excluding carboxylic acids is 1. The third-order valence-corrected chi connectivity index (χ3v) is 2.63. The summed E-state index contributed by atoms with van der Waals surface area (Å²) in [5.41, 5.74) is 7.47. The van der Waals surface area contributed by atoms with E-state index in [1.54, 1.807) is 31.4 Å². The second kappa shape index (κ2) is 4.40. The minimum Gasteiger partial charge on any atom is -0.369 e. The van der Waals surface area contributed by atoms with Crippen molar-refractivity contribution in [3.63, 3.8) is 0 Å². The van der Waals surface area contributed by atoms with E-state index >= 15 is 0 Å². The lowest BCUT2D eigenvalue weighted by Gasteiger charge is -2.11. The average molecular weight is 233 g/mol. The quantitative estimate of drug-likeness (QED) is 0.837. The molecule has 0 saturated carbocycles. The van der Waals surface area contributed by atoms with Crippen LogP contribution in [0.15, 0.2) is 18.5 Å². The maximum Gasteiger partial charge on any atom is 0.223 e. The van der Waals surface area contributed by atoms with Gasteiger partial charge in [0.15, 0.2) is 0 Å². The molecule has 0 aromatic carbocycles. The molecule has 0 aliphatic heterocycles. The highest BCUT2D eigenvalue weighted by Crippen LogP contribution is 2.16. The van der Waals surface area contributed by atoms with Crippen LogP contribution in [0.1, 0.15) is 6.42 Å². The molecule has 2 rings (SSSR count). The highest BCUT2D eigenvalue weighted by atomic mass is 16.2. The normalized spacial score (nSPS) is 10.7. The summed E-state index contributed by atoms with van der Waals surface area (Å²) in [5.74, 6) is 0.486. The van der Waals surface area contributed by atoms with E-state index in [2.05, 4.69) is 9.97 Å². The highest BCUT2D eigenvalue weighted by Gasteiger charge is 2.10. The molecule has 2 aromatic heterocycles. The van der Waals surface area contributed by atoms with Crippen molar-refractivity contribution in [3.05, 3.63) is 18.5 Å². The minimum absolute atomic E-state index is 0.0697. The molecule has 0 atom stereocenters. The van der Waals surface area contributed by atoms with E-state index in [-0.39, 0.29) is 5.91 Å². The van der Waals surface area contributed by atoms with Crippen molar-refractivity contribution < 1.29 is 4.79 Å². The first-order chi connectivity index (χ1) is 8.09. The van der Waals surface area contributed by atoms with Gasteiger partial charge < -0.3 is 15.2 Å². The maximum atomic E-state index is 11.5. The Morgan fingerprint density at radius 1 is 1.53 bits per heavy atom. The fraction of sp³-hybridized carbons (Fsp3) is 0.364. The number of nitrogens with zero attached hydrogens (tertiary/aromatic N) is 4. The first kappa shape index (κ1) is 11.4. The predicted octanol–water partition coefficient (Wildman–Crippen LogP) is 0.492. The van der Waals surface area contributed by atoms with Gasteiger partial charge >= 0.3 is 0 Å². The molecule has 2 heterocycles. The number of carbonyl (C=O) groups is 1. The van der Waals surface area contributed by atoms with Crippen molar-refractivity contribution in [2.75, 3.05) is 19.8 Å². The van der Waals surface area contributed by atoms with Gasteiger partial charge in [0.2, 0.25) is 11.9 Å². The van der Waals surface area contributed by atoms with Crippen LogP contribution in [-0.2, 0) is 11.3 Å². The van der Waals surface area contributed by atoms with Crippen LogP contribution in [0, 0.1) is 0 Å². The molecule has 0 aliphatic rings. The molecule has 0 unspecified atom stereocenters. The van der Waals surface area contributed by atoms with Crippen LogP contribution in [0.2, 0.25) is 0 Å². The minimum atomic E-state index is 0.0697. The Morgan fingerprint density at radius 2 is 2.29 bits per heavy atom. The molecule has 0 bridgehead atoms. The fourth-order valence-electron chi connectivity index (χ4n) is 1.67. The highest BCUT2D eigenvalue weighted by molar-refractivity contribution is 5.78. The van der Waals surface area contributed by atoms with Crippen molar-refractivity contribution in [1.29, 1.82) is 0 Å². The number of hydrogen-bond acceptors (Lipinski definition) is 4. The van der Waals surface area contributed by atoms with Crippen LogP contribution in [-0.4, -0.2) is 39.4 Å². The van der Waals surface area contributed by atoms with Gasteiger partial charge in [0.05, 0.1) is 11.7 Å². The Labute approximate surface area is 99.1 Å². The van der Waals surface area contributed by atoms with Crippen LogP contribution in [0.3, 0.4) is 0 Å². The first-order valence-corrected chi connectivity index (χ1v) is 5.35. The number of nitrogen functional groups attached to an aromatic ring is 1. The van der Waals surface area contributed by atoms with E-state index < -0.39 is 0 Å². The second-order valence-corrected chi connectivity index (χ2v) is 4.02. The number of imidazole rings is 1. The zero-order valence-corrected chi connectivity index (χ0v) is 9.92. The SMILES string of the molecule is CN(C)C(=O)CCn1c(N)nc2cnccc21. The van der Waals surface area contributed by atoms with Crippen molar-refractivity contribution in [2.24, 2.45) is 0 Å². The Morgan fingerprint density at radius 3 is 3.00 bits per heavy atom. The van der Waals surface area contributed by atoms with Crippen LogP contribution in [0.25, 0.3) is 11.0 Å². The number of pyridine rings is 1. The van der Waals surface area contributed by atoms with Crippen LogP contribution in [0.4, 0.5) is 5.95 Å². The largest absolute Gasteiger partial charge is 0.369 e. The number of anilines is 1. The van der Waals surface area contributed by atoms with Gasteiger partial charge in [0.25, 0.3) is 0 Å². The zero-order chi connectivity index (χ0) is 12.4. The Kier molecular flexibility index (Phi) is 2.95. The third kappa shape index (κ3) is 2.20. The third-order valence-electron chi connectivity index (χ3n) is 2.63. The Bertz CT molecular complexity index is 546. The molecule has 0 saturated heterocycles. The number of hydrogen-bond donors (Lipinski definition) is 1. The molecule has 6 nitrogen and oxygen atoms in total. The Hall–Kier alpha value is -2.11. The van der Waals surface area contributed by atoms with E-state index in [9.17, 15) is 4.79 Å². The Balaban J connectivity index is 2.24. The molecule has 0 radical (unpaired) electrons. The van der Waals surface area contributed by atoms with Crippen molar-refractivity contribution >= 4 is 22.9 Å². The van der Waals surface area contributed by atoms with Crippen molar-refractivity contribution in [1.82, 2.24) is 19.4 Å². The zero-order valence-electron chi connectivity index (χ0n) is 9.92.